The number of allylic oxidation sites excluding steroid dienone is 3. The molecule has 3 atom stereocenters. The van der Waals surface area contributed by atoms with E-state index < -0.39 is 32.5 Å². The minimum Gasteiger partial charge on any atom is -0.462 e. The molecule has 10 heteroatoms. The summed E-state index contributed by atoms with van der Waals surface area (Å²) in [5, 5.41) is 0. The third-order valence-electron chi connectivity index (χ3n) is 8.87. The van der Waals surface area contributed by atoms with Crippen LogP contribution in [0.1, 0.15) is 181 Å². The number of rotatable bonds is 35. The number of ether oxygens (including phenoxy) is 3. The SMILES string of the molecule is CCCCC/C=C\CC1OC1CCCCCCCC(=O)OC[C@H](COP(=O)(O)O)OC(=O)CCCCCCC/C=C\CCCCCCCC. The average Bonchev–Trinajstić information content (AvgIpc) is 3.82. The summed E-state index contributed by atoms with van der Waals surface area (Å²) >= 11 is 0. The van der Waals surface area contributed by atoms with Crippen LogP contribution in [0.15, 0.2) is 24.3 Å². The van der Waals surface area contributed by atoms with Crippen molar-refractivity contribution >= 4 is 19.8 Å². The second kappa shape index (κ2) is 31.2. The van der Waals surface area contributed by atoms with E-state index >= 15 is 0 Å². The minimum absolute atomic E-state index is 0.197. The molecule has 0 aliphatic carbocycles. The van der Waals surface area contributed by atoms with Gasteiger partial charge in [-0.3, -0.25) is 14.1 Å². The zero-order valence-corrected chi connectivity index (χ0v) is 31.9. The molecule has 1 heterocycles. The number of hydrogen-bond acceptors (Lipinski definition) is 7. The first-order valence-corrected chi connectivity index (χ1v) is 21.3. The Kier molecular flexibility index (Phi) is 29.0. The molecule has 2 unspecified atom stereocenters. The van der Waals surface area contributed by atoms with Crippen LogP contribution in [-0.2, 0) is 32.9 Å². The van der Waals surface area contributed by atoms with Gasteiger partial charge in [0.05, 0.1) is 18.8 Å². The fraction of sp³-hybridized carbons (Fsp3) is 0.846. The number of hydrogen-bond donors (Lipinski definition) is 2. The predicted octanol–water partition coefficient (Wildman–Crippen LogP) is 10.6. The van der Waals surface area contributed by atoms with E-state index in [2.05, 4.69) is 42.7 Å². The zero-order chi connectivity index (χ0) is 35.8. The van der Waals surface area contributed by atoms with Crippen molar-refractivity contribution < 1.29 is 42.7 Å². The van der Waals surface area contributed by atoms with Crippen LogP contribution in [0.2, 0.25) is 0 Å². The van der Waals surface area contributed by atoms with E-state index in [4.69, 9.17) is 24.0 Å². The smallest absolute Gasteiger partial charge is 0.462 e. The van der Waals surface area contributed by atoms with Gasteiger partial charge >= 0.3 is 19.8 Å². The molecule has 1 aliphatic rings. The topological polar surface area (TPSA) is 132 Å². The Hall–Kier alpha value is -1.51. The van der Waals surface area contributed by atoms with Gasteiger partial charge in [0.1, 0.15) is 6.61 Å². The van der Waals surface area contributed by atoms with E-state index in [1.54, 1.807) is 0 Å². The number of carbonyl (C=O) groups excluding carboxylic acids is 2. The van der Waals surface area contributed by atoms with Crippen LogP contribution >= 0.6 is 7.82 Å². The molecular formula is C39H71O9P. The Balaban J connectivity index is 2.09. The van der Waals surface area contributed by atoms with Gasteiger partial charge in [0, 0.05) is 12.8 Å². The fourth-order valence-electron chi connectivity index (χ4n) is 5.79. The maximum atomic E-state index is 12.4. The second-order valence-electron chi connectivity index (χ2n) is 13.6. The van der Waals surface area contributed by atoms with Gasteiger partial charge in [0.15, 0.2) is 6.10 Å². The Morgan fingerprint density at radius 2 is 1.12 bits per heavy atom. The molecule has 9 nitrogen and oxygen atoms in total. The number of phosphoric acid groups is 1. The third-order valence-corrected chi connectivity index (χ3v) is 9.35. The van der Waals surface area contributed by atoms with Crippen LogP contribution in [0.3, 0.4) is 0 Å². The van der Waals surface area contributed by atoms with Crippen molar-refractivity contribution in [3.8, 4) is 0 Å². The molecule has 1 aliphatic heterocycles. The monoisotopic (exact) mass is 714 g/mol. The molecule has 2 N–H and O–H groups in total. The first-order valence-electron chi connectivity index (χ1n) is 19.8. The molecule has 0 saturated carbocycles. The fourth-order valence-corrected chi connectivity index (χ4v) is 6.15. The predicted molar refractivity (Wildman–Crippen MR) is 197 cm³/mol. The first kappa shape index (κ1) is 45.5. The number of esters is 2. The number of epoxide rings is 1. The summed E-state index contributed by atoms with van der Waals surface area (Å²) in [4.78, 5) is 42.8. The average molecular weight is 715 g/mol. The Morgan fingerprint density at radius 3 is 1.73 bits per heavy atom. The summed E-state index contributed by atoms with van der Waals surface area (Å²) in [7, 11) is -4.76. The van der Waals surface area contributed by atoms with Crippen molar-refractivity contribution in [2.24, 2.45) is 0 Å². The van der Waals surface area contributed by atoms with E-state index in [0.717, 1.165) is 77.0 Å². The molecule has 0 spiro atoms. The molecule has 0 radical (unpaired) electrons. The summed E-state index contributed by atoms with van der Waals surface area (Å²) < 4.78 is 32.1. The van der Waals surface area contributed by atoms with Crippen LogP contribution in [0, 0.1) is 0 Å². The van der Waals surface area contributed by atoms with Crippen molar-refractivity contribution in [1.29, 1.82) is 0 Å². The van der Waals surface area contributed by atoms with Gasteiger partial charge in [-0.05, 0) is 64.2 Å². The standard InChI is InChI=1S/C39H71O9P/c1-3-5-7-9-11-12-13-14-15-16-17-18-19-23-28-32-39(41)47-35(34-46-49(42,43)44)33-45-38(40)31-27-24-20-22-26-30-37-36(48-37)29-25-21-10-8-6-4-2/h14-15,21,25,35-37H,3-13,16-20,22-24,26-34H2,1-2H3,(H2,42,43,44)/b15-14-,25-21-/t35-,36?,37?/m1/s1. The van der Waals surface area contributed by atoms with Crippen molar-refractivity contribution in [2.45, 2.75) is 199 Å². The van der Waals surface area contributed by atoms with E-state index in [1.807, 2.05) is 0 Å². The lowest BCUT2D eigenvalue weighted by atomic mass is 10.1. The first-order chi connectivity index (χ1) is 23.7. The van der Waals surface area contributed by atoms with Gasteiger partial charge in [-0.15, -0.1) is 0 Å². The normalized spacial score (nSPS) is 16.8. The van der Waals surface area contributed by atoms with Gasteiger partial charge in [0.2, 0.25) is 0 Å². The molecule has 0 aromatic rings. The summed E-state index contributed by atoms with van der Waals surface area (Å²) in [6.45, 7) is 3.62. The molecule has 1 fully saturated rings. The van der Waals surface area contributed by atoms with Gasteiger partial charge in [-0.1, -0.05) is 128 Å². The van der Waals surface area contributed by atoms with Crippen molar-refractivity contribution in [3.63, 3.8) is 0 Å². The summed E-state index contributed by atoms with van der Waals surface area (Å²) in [6.07, 6.45) is 36.3. The van der Waals surface area contributed by atoms with Crippen molar-refractivity contribution in [1.82, 2.24) is 0 Å². The van der Waals surface area contributed by atoms with E-state index in [0.29, 0.717) is 25.0 Å². The summed E-state index contributed by atoms with van der Waals surface area (Å²) in [6, 6.07) is 0. The number of carbonyl (C=O) groups is 2. The molecular weight excluding hydrogens is 643 g/mol. The van der Waals surface area contributed by atoms with E-state index in [9.17, 15) is 14.2 Å². The lowest BCUT2D eigenvalue weighted by Gasteiger charge is -2.18. The van der Waals surface area contributed by atoms with Crippen molar-refractivity contribution in [2.75, 3.05) is 13.2 Å². The summed E-state index contributed by atoms with van der Waals surface area (Å²) in [5.41, 5.74) is 0. The molecule has 1 rings (SSSR count). The van der Waals surface area contributed by atoms with Gasteiger partial charge in [-0.2, -0.15) is 0 Å². The van der Waals surface area contributed by atoms with Crippen LogP contribution in [-0.4, -0.2) is 53.3 Å². The Labute approximate surface area is 298 Å². The highest BCUT2D eigenvalue weighted by Gasteiger charge is 2.36. The molecule has 49 heavy (non-hydrogen) atoms. The quantitative estimate of drug-likeness (QED) is 0.0216. The van der Waals surface area contributed by atoms with Gasteiger partial charge < -0.3 is 24.0 Å². The lowest BCUT2D eigenvalue weighted by Crippen LogP contribution is -2.29. The Bertz CT molecular complexity index is 916. The van der Waals surface area contributed by atoms with Gasteiger partial charge in [0.25, 0.3) is 0 Å². The van der Waals surface area contributed by atoms with Crippen molar-refractivity contribution in [3.05, 3.63) is 24.3 Å². The molecule has 0 amide bonds. The van der Waals surface area contributed by atoms with Crippen LogP contribution < -0.4 is 0 Å². The molecule has 0 aromatic heterocycles. The number of phosphoric ester groups is 1. The maximum absolute atomic E-state index is 12.4. The molecule has 286 valence electrons. The third kappa shape index (κ3) is 31.0. The van der Waals surface area contributed by atoms with Crippen LogP contribution in [0.25, 0.3) is 0 Å². The highest BCUT2D eigenvalue weighted by molar-refractivity contribution is 7.46. The van der Waals surface area contributed by atoms with Crippen LogP contribution in [0.4, 0.5) is 0 Å². The maximum Gasteiger partial charge on any atom is 0.469 e. The van der Waals surface area contributed by atoms with E-state index in [-0.39, 0.29) is 19.4 Å². The van der Waals surface area contributed by atoms with E-state index in [1.165, 1.54) is 64.2 Å². The van der Waals surface area contributed by atoms with Gasteiger partial charge in [-0.25, -0.2) is 4.57 Å². The minimum atomic E-state index is -4.76. The van der Waals surface area contributed by atoms with Crippen LogP contribution in [0.5, 0.6) is 0 Å². The zero-order valence-electron chi connectivity index (χ0n) is 31.0. The molecule has 0 bridgehead atoms. The highest BCUT2D eigenvalue weighted by atomic mass is 31.2. The largest absolute Gasteiger partial charge is 0.469 e. The lowest BCUT2D eigenvalue weighted by molar-refractivity contribution is -0.161. The summed E-state index contributed by atoms with van der Waals surface area (Å²) in [5.74, 6) is -0.916. The number of unbranched alkanes of at least 4 members (excludes halogenated alkanes) is 18. The molecule has 0 aromatic carbocycles. The highest BCUT2D eigenvalue weighted by Crippen LogP contribution is 2.36. The second-order valence-corrected chi connectivity index (χ2v) is 14.9. The Morgan fingerprint density at radius 1 is 0.633 bits per heavy atom. The molecule has 1 saturated heterocycles.